The number of aryl methyl sites for hydroxylation is 1. The molecule has 1 aliphatic rings. The van der Waals surface area contributed by atoms with Crippen molar-refractivity contribution in [3.8, 4) is 28.8 Å². The number of aromatic nitrogens is 2. The van der Waals surface area contributed by atoms with Crippen LogP contribution in [0, 0.1) is 18.3 Å². The van der Waals surface area contributed by atoms with E-state index in [1.807, 2.05) is 81.6 Å². The van der Waals surface area contributed by atoms with Crippen molar-refractivity contribution < 1.29 is 14.3 Å². The third kappa shape index (κ3) is 5.97. The van der Waals surface area contributed by atoms with E-state index in [0.717, 1.165) is 35.4 Å². The molecule has 0 saturated carbocycles. The van der Waals surface area contributed by atoms with E-state index in [-0.39, 0.29) is 17.8 Å². The van der Waals surface area contributed by atoms with Crippen molar-refractivity contribution in [2.24, 2.45) is 0 Å². The zero-order valence-corrected chi connectivity index (χ0v) is 20.3. The van der Waals surface area contributed by atoms with Crippen molar-refractivity contribution in [1.29, 1.82) is 5.26 Å². The van der Waals surface area contributed by atoms with E-state index in [9.17, 15) is 10.1 Å². The van der Waals surface area contributed by atoms with Gasteiger partial charge in [0.05, 0.1) is 17.9 Å². The van der Waals surface area contributed by atoms with Gasteiger partial charge in [-0.3, -0.25) is 4.79 Å². The highest BCUT2D eigenvalue weighted by atomic mass is 16.5. The average molecular weight is 471 g/mol. The van der Waals surface area contributed by atoms with Gasteiger partial charge in [0.15, 0.2) is 0 Å². The van der Waals surface area contributed by atoms with E-state index < -0.39 is 5.91 Å². The van der Waals surface area contributed by atoms with Gasteiger partial charge >= 0.3 is 0 Å². The molecule has 1 N–H and O–H groups in total. The van der Waals surface area contributed by atoms with Gasteiger partial charge in [0, 0.05) is 30.5 Å². The summed E-state index contributed by atoms with van der Waals surface area (Å²) in [5.41, 5.74) is 4.11. The Kier molecular flexibility index (Phi) is 7.64. The van der Waals surface area contributed by atoms with Crippen LogP contribution in [0.25, 0.3) is 23.0 Å². The highest BCUT2D eigenvalue weighted by Crippen LogP contribution is 2.30. The second-order valence-electron chi connectivity index (χ2n) is 8.87. The number of ether oxygens (including phenoxy) is 2. The summed E-state index contributed by atoms with van der Waals surface area (Å²) < 4.78 is 13.2. The second kappa shape index (κ2) is 11.0. The van der Waals surface area contributed by atoms with Gasteiger partial charge in [-0.1, -0.05) is 18.2 Å². The van der Waals surface area contributed by atoms with Crippen molar-refractivity contribution in [2.45, 2.75) is 45.8 Å². The van der Waals surface area contributed by atoms with Crippen LogP contribution in [0.1, 0.15) is 37.8 Å². The maximum atomic E-state index is 12.8. The SMILES string of the molecule is Cc1cc(-c2nn(-c3ccccc3)cc2C=C(C#N)C(=O)NCC2CCCO2)ccc1OC(C)C. The molecular formula is C28H30N4O3. The molecule has 4 rings (SSSR count). The second-order valence-corrected chi connectivity index (χ2v) is 8.87. The molecule has 1 unspecified atom stereocenters. The Bertz CT molecular complexity index is 1250. The van der Waals surface area contributed by atoms with Gasteiger partial charge in [-0.2, -0.15) is 10.4 Å². The minimum absolute atomic E-state index is 0.00447. The summed E-state index contributed by atoms with van der Waals surface area (Å²) in [4.78, 5) is 12.8. The Labute approximate surface area is 206 Å². The molecule has 1 saturated heterocycles. The van der Waals surface area contributed by atoms with Crippen molar-refractivity contribution in [3.05, 3.63) is 71.4 Å². The monoisotopic (exact) mass is 470 g/mol. The predicted octanol–water partition coefficient (Wildman–Crippen LogP) is 4.84. The number of carbonyl (C=O) groups excluding carboxylic acids is 1. The largest absolute Gasteiger partial charge is 0.491 e. The molecular weight excluding hydrogens is 440 g/mol. The average Bonchev–Trinajstić information content (AvgIpc) is 3.53. The third-order valence-electron chi connectivity index (χ3n) is 5.75. The van der Waals surface area contributed by atoms with Gasteiger partial charge in [0.1, 0.15) is 23.1 Å². The molecule has 1 amide bonds. The Morgan fingerprint density at radius 3 is 2.77 bits per heavy atom. The first-order valence-electron chi connectivity index (χ1n) is 11.9. The Hall–Kier alpha value is -3.89. The number of rotatable bonds is 8. The van der Waals surface area contributed by atoms with Crippen LogP contribution in [-0.2, 0) is 9.53 Å². The quantitative estimate of drug-likeness (QED) is 0.376. The van der Waals surface area contributed by atoms with Crippen LogP contribution < -0.4 is 10.1 Å². The number of nitriles is 1. The zero-order chi connectivity index (χ0) is 24.8. The molecule has 2 aromatic carbocycles. The summed E-state index contributed by atoms with van der Waals surface area (Å²) in [6.07, 6.45) is 5.41. The van der Waals surface area contributed by atoms with Gasteiger partial charge in [-0.25, -0.2) is 4.68 Å². The van der Waals surface area contributed by atoms with E-state index in [1.54, 1.807) is 10.8 Å². The fourth-order valence-electron chi connectivity index (χ4n) is 4.02. The Balaban J connectivity index is 1.69. The Morgan fingerprint density at radius 2 is 2.11 bits per heavy atom. The number of hydrogen-bond donors (Lipinski definition) is 1. The lowest BCUT2D eigenvalue weighted by molar-refractivity contribution is -0.117. The molecule has 180 valence electrons. The third-order valence-corrected chi connectivity index (χ3v) is 5.75. The Morgan fingerprint density at radius 1 is 1.31 bits per heavy atom. The summed E-state index contributed by atoms with van der Waals surface area (Å²) in [5, 5.41) is 17.4. The smallest absolute Gasteiger partial charge is 0.262 e. The lowest BCUT2D eigenvalue weighted by Gasteiger charge is -2.13. The highest BCUT2D eigenvalue weighted by molar-refractivity contribution is 6.02. The van der Waals surface area contributed by atoms with Crippen LogP contribution in [0.2, 0.25) is 0 Å². The van der Waals surface area contributed by atoms with Crippen LogP contribution >= 0.6 is 0 Å². The summed E-state index contributed by atoms with van der Waals surface area (Å²) in [7, 11) is 0. The van der Waals surface area contributed by atoms with Crippen LogP contribution in [0.5, 0.6) is 5.75 Å². The number of nitrogens with one attached hydrogen (secondary N) is 1. The maximum absolute atomic E-state index is 12.8. The zero-order valence-electron chi connectivity index (χ0n) is 20.3. The van der Waals surface area contributed by atoms with Gasteiger partial charge < -0.3 is 14.8 Å². The number of carbonyl (C=O) groups is 1. The van der Waals surface area contributed by atoms with E-state index >= 15 is 0 Å². The summed E-state index contributed by atoms with van der Waals surface area (Å²) >= 11 is 0. The molecule has 2 heterocycles. The molecule has 1 fully saturated rings. The molecule has 1 aliphatic heterocycles. The maximum Gasteiger partial charge on any atom is 0.262 e. The number of nitrogens with zero attached hydrogens (tertiary/aromatic N) is 3. The molecule has 3 aromatic rings. The minimum Gasteiger partial charge on any atom is -0.491 e. The molecule has 0 aliphatic carbocycles. The van der Waals surface area contributed by atoms with Gasteiger partial charge in [-0.05, 0) is 75.6 Å². The van der Waals surface area contributed by atoms with E-state index in [1.165, 1.54) is 0 Å². The van der Waals surface area contributed by atoms with Crippen LogP contribution in [0.15, 0.2) is 60.3 Å². The van der Waals surface area contributed by atoms with Crippen LogP contribution in [-0.4, -0.2) is 41.0 Å². The van der Waals surface area contributed by atoms with Crippen molar-refractivity contribution in [1.82, 2.24) is 15.1 Å². The summed E-state index contributed by atoms with van der Waals surface area (Å²) in [5.74, 6) is 0.396. The molecule has 1 aromatic heterocycles. The van der Waals surface area contributed by atoms with E-state index in [0.29, 0.717) is 24.4 Å². The lowest BCUT2D eigenvalue weighted by Crippen LogP contribution is -2.32. The van der Waals surface area contributed by atoms with Gasteiger partial charge in [0.25, 0.3) is 5.91 Å². The van der Waals surface area contributed by atoms with Crippen molar-refractivity contribution >= 4 is 12.0 Å². The molecule has 0 bridgehead atoms. The van der Waals surface area contributed by atoms with Crippen LogP contribution in [0.3, 0.4) is 0 Å². The first kappa shape index (κ1) is 24.2. The fraction of sp³-hybridized carbons (Fsp3) is 0.321. The normalized spacial score (nSPS) is 15.7. The van der Waals surface area contributed by atoms with Crippen molar-refractivity contribution in [2.75, 3.05) is 13.2 Å². The van der Waals surface area contributed by atoms with Crippen LogP contribution in [0.4, 0.5) is 0 Å². The van der Waals surface area contributed by atoms with Crippen molar-refractivity contribution in [3.63, 3.8) is 0 Å². The molecule has 0 spiro atoms. The molecule has 35 heavy (non-hydrogen) atoms. The topological polar surface area (TPSA) is 89.2 Å². The van der Waals surface area contributed by atoms with E-state index in [2.05, 4.69) is 5.32 Å². The number of benzene rings is 2. The van der Waals surface area contributed by atoms with E-state index in [4.69, 9.17) is 14.6 Å². The van der Waals surface area contributed by atoms with Gasteiger partial charge in [-0.15, -0.1) is 0 Å². The lowest BCUT2D eigenvalue weighted by atomic mass is 10.0. The first-order chi connectivity index (χ1) is 16.9. The number of amides is 1. The fourth-order valence-corrected chi connectivity index (χ4v) is 4.02. The highest BCUT2D eigenvalue weighted by Gasteiger charge is 2.19. The standard InChI is InChI=1S/C28H30N4O3/c1-19(2)35-26-12-11-21(14-20(26)3)27-23(18-32(31-27)24-8-5-4-6-9-24)15-22(16-29)28(33)30-17-25-10-7-13-34-25/h4-6,8-9,11-12,14-15,18-19,25H,7,10,13,17H2,1-3H3,(H,30,33). The summed E-state index contributed by atoms with van der Waals surface area (Å²) in [6, 6.07) is 17.7. The predicted molar refractivity (Wildman–Crippen MR) is 135 cm³/mol. The molecule has 1 atom stereocenters. The minimum atomic E-state index is -0.418. The molecule has 0 radical (unpaired) electrons. The molecule has 7 heteroatoms. The first-order valence-corrected chi connectivity index (χ1v) is 11.9. The molecule has 7 nitrogen and oxygen atoms in total. The number of para-hydroxylation sites is 1. The number of hydrogen-bond acceptors (Lipinski definition) is 5. The summed E-state index contributed by atoms with van der Waals surface area (Å²) in [6.45, 7) is 7.08. The van der Waals surface area contributed by atoms with Gasteiger partial charge in [0.2, 0.25) is 0 Å².